The Labute approximate surface area is 130 Å². The van der Waals surface area contributed by atoms with Crippen molar-refractivity contribution in [2.75, 3.05) is 25.6 Å². The number of aromatic hydroxyl groups is 1. The topological polar surface area (TPSA) is 32.7 Å². The first kappa shape index (κ1) is 15.5. The van der Waals surface area contributed by atoms with Gasteiger partial charge in [-0.25, -0.2) is 0 Å². The minimum absolute atomic E-state index is 0.117. The maximum Gasteiger partial charge on any atom is 0.121 e. The molecule has 1 atom stereocenters. The molecule has 0 amide bonds. The first-order valence-electron chi connectivity index (χ1n) is 6.80. The second-order valence-electron chi connectivity index (χ2n) is 5.09. The van der Waals surface area contributed by atoms with Gasteiger partial charge in [-0.1, -0.05) is 12.1 Å². The molecule has 0 fully saturated rings. The highest BCUT2D eigenvalue weighted by molar-refractivity contribution is 6.21. The lowest BCUT2D eigenvalue weighted by Crippen LogP contribution is -2.21. The summed E-state index contributed by atoms with van der Waals surface area (Å²) >= 11 is 6.52. The first-order valence-corrected chi connectivity index (χ1v) is 7.23. The fourth-order valence-electron chi connectivity index (χ4n) is 2.25. The Morgan fingerprint density at radius 3 is 2.43 bits per heavy atom. The number of nitrogens with zero attached hydrogens (tertiary/aromatic N) is 1. The van der Waals surface area contributed by atoms with Crippen LogP contribution in [0.2, 0.25) is 0 Å². The normalized spacial score (nSPS) is 12.0. The third-order valence-corrected chi connectivity index (χ3v) is 3.90. The third kappa shape index (κ3) is 3.82. The van der Waals surface area contributed by atoms with Crippen LogP contribution < -0.4 is 9.64 Å². The largest absolute Gasteiger partial charge is 0.508 e. The van der Waals surface area contributed by atoms with Crippen LogP contribution in [0.3, 0.4) is 0 Å². The van der Waals surface area contributed by atoms with Gasteiger partial charge < -0.3 is 14.7 Å². The number of benzene rings is 2. The van der Waals surface area contributed by atoms with E-state index < -0.39 is 0 Å². The van der Waals surface area contributed by atoms with Gasteiger partial charge in [-0.3, -0.25) is 0 Å². The number of alkyl halides is 1. The molecule has 3 nitrogen and oxygen atoms in total. The number of hydrogen-bond acceptors (Lipinski definition) is 3. The van der Waals surface area contributed by atoms with E-state index in [1.165, 1.54) is 0 Å². The molecule has 0 spiro atoms. The van der Waals surface area contributed by atoms with Crippen molar-refractivity contribution in [2.24, 2.45) is 0 Å². The predicted octanol–water partition coefficient (Wildman–Crippen LogP) is 4.13. The van der Waals surface area contributed by atoms with Crippen LogP contribution in [0.1, 0.15) is 16.5 Å². The van der Waals surface area contributed by atoms with Crippen molar-refractivity contribution in [1.82, 2.24) is 0 Å². The van der Waals surface area contributed by atoms with Crippen LogP contribution in [0.4, 0.5) is 5.69 Å². The Bertz CT molecular complexity index is 598. The molecule has 1 N–H and O–H groups in total. The SMILES string of the molecule is COc1ccc(C(Cl)CN(C)c2ccc(O)cc2)cc1C. The van der Waals surface area contributed by atoms with Gasteiger partial charge in [0.05, 0.1) is 12.5 Å². The minimum atomic E-state index is -0.117. The quantitative estimate of drug-likeness (QED) is 0.843. The number of halogens is 1. The number of ether oxygens (including phenoxy) is 1. The van der Waals surface area contributed by atoms with Crippen LogP contribution in [0.5, 0.6) is 11.5 Å². The van der Waals surface area contributed by atoms with E-state index in [9.17, 15) is 5.11 Å². The van der Waals surface area contributed by atoms with Crippen molar-refractivity contribution in [3.8, 4) is 11.5 Å². The monoisotopic (exact) mass is 305 g/mol. The summed E-state index contributed by atoms with van der Waals surface area (Å²) in [5, 5.41) is 9.20. The summed E-state index contributed by atoms with van der Waals surface area (Å²) in [6, 6.07) is 13.1. The lowest BCUT2D eigenvalue weighted by molar-refractivity contribution is 0.411. The fourth-order valence-corrected chi connectivity index (χ4v) is 2.60. The lowest BCUT2D eigenvalue weighted by Gasteiger charge is -2.23. The summed E-state index contributed by atoms with van der Waals surface area (Å²) in [6.45, 7) is 2.69. The van der Waals surface area contributed by atoms with Gasteiger partial charge in [0, 0.05) is 19.3 Å². The molecule has 21 heavy (non-hydrogen) atoms. The summed E-state index contributed by atoms with van der Waals surface area (Å²) in [5.41, 5.74) is 3.16. The van der Waals surface area contributed by atoms with E-state index in [0.717, 1.165) is 22.6 Å². The molecule has 0 aliphatic carbocycles. The number of aryl methyl sites for hydroxylation is 1. The second kappa shape index (κ2) is 6.72. The highest BCUT2D eigenvalue weighted by atomic mass is 35.5. The minimum Gasteiger partial charge on any atom is -0.508 e. The van der Waals surface area contributed by atoms with Crippen molar-refractivity contribution in [3.63, 3.8) is 0 Å². The number of methoxy groups -OCH3 is 1. The average Bonchev–Trinajstić information content (AvgIpc) is 2.47. The van der Waals surface area contributed by atoms with Crippen LogP contribution in [0, 0.1) is 6.92 Å². The summed E-state index contributed by atoms with van der Waals surface area (Å²) in [6.07, 6.45) is 0. The lowest BCUT2D eigenvalue weighted by atomic mass is 10.1. The van der Waals surface area contributed by atoms with E-state index in [1.54, 1.807) is 19.2 Å². The van der Waals surface area contributed by atoms with E-state index in [4.69, 9.17) is 16.3 Å². The molecule has 0 radical (unpaired) electrons. The molecule has 0 saturated heterocycles. The van der Waals surface area contributed by atoms with Gasteiger partial charge in [-0.15, -0.1) is 11.6 Å². The number of anilines is 1. The van der Waals surface area contributed by atoms with Crippen molar-refractivity contribution in [1.29, 1.82) is 0 Å². The van der Waals surface area contributed by atoms with Gasteiger partial charge in [0.2, 0.25) is 0 Å². The molecular formula is C17H20ClNO2. The van der Waals surface area contributed by atoms with Gasteiger partial charge in [-0.2, -0.15) is 0 Å². The maximum atomic E-state index is 9.32. The number of phenols is 1. The molecule has 0 aliphatic heterocycles. The van der Waals surface area contributed by atoms with Crippen molar-refractivity contribution >= 4 is 17.3 Å². The van der Waals surface area contributed by atoms with Crippen LogP contribution in [0.15, 0.2) is 42.5 Å². The molecule has 2 aromatic rings. The molecular weight excluding hydrogens is 286 g/mol. The average molecular weight is 306 g/mol. The molecule has 0 aliphatic rings. The van der Waals surface area contributed by atoms with Crippen LogP contribution >= 0.6 is 11.6 Å². The Morgan fingerprint density at radius 2 is 1.86 bits per heavy atom. The van der Waals surface area contributed by atoms with Gasteiger partial charge in [0.25, 0.3) is 0 Å². The van der Waals surface area contributed by atoms with Crippen molar-refractivity contribution in [3.05, 3.63) is 53.6 Å². The predicted molar refractivity (Wildman–Crippen MR) is 87.7 cm³/mol. The molecule has 2 aromatic carbocycles. The number of phenolic OH excluding ortho intramolecular Hbond substituents is 1. The summed E-state index contributed by atoms with van der Waals surface area (Å²) < 4.78 is 5.26. The zero-order valence-corrected chi connectivity index (χ0v) is 13.3. The fraction of sp³-hybridized carbons (Fsp3) is 0.294. The van der Waals surface area contributed by atoms with Crippen LogP contribution in [-0.4, -0.2) is 25.8 Å². The molecule has 4 heteroatoms. The zero-order chi connectivity index (χ0) is 15.4. The Hall–Kier alpha value is -1.87. The van der Waals surface area contributed by atoms with Gasteiger partial charge in [0.15, 0.2) is 0 Å². The van der Waals surface area contributed by atoms with Gasteiger partial charge in [-0.05, 0) is 48.4 Å². The highest BCUT2D eigenvalue weighted by Crippen LogP contribution is 2.28. The highest BCUT2D eigenvalue weighted by Gasteiger charge is 2.13. The first-order chi connectivity index (χ1) is 10.0. The van der Waals surface area contributed by atoms with Crippen LogP contribution in [-0.2, 0) is 0 Å². The van der Waals surface area contributed by atoms with Crippen LogP contribution in [0.25, 0.3) is 0 Å². The summed E-state index contributed by atoms with van der Waals surface area (Å²) in [4.78, 5) is 2.07. The Morgan fingerprint density at radius 1 is 1.19 bits per heavy atom. The number of likely N-dealkylation sites (N-methyl/N-ethyl adjacent to an activating group) is 1. The third-order valence-electron chi connectivity index (χ3n) is 3.51. The molecule has 0 bridgehead atoms. The van der Waals surface area contributed by atoms with Crippen molar-refractivity contribution in [2.45, 2.75) is 12.3 Å². The van der Waals surface area contributed by atoms with Gasteiger partial charge >= 0.3 is 0 Å². The van der Waals surface area contributed by atoms with E-state index >= 15 is 0 Å². The summed E-state index contributed by atoms with van der Waals surface area (Å²) in [7, 11) is 3.65. The standard InChI is InChI=1S/C17H20ClNO2/c1-12-10-13(4-9-17(12)21-3)16(18)11-19(2)14-5-7-15(20)8-6-14/h4-10,16,20H,11H2,1-3H3. The number of hydrogen-bond donors (Lipinski definition) is 1. The Balaban J connectivity index is 2.08. The molecule has 0 aromatic heterocycles. The van der Waals surface area contributed by atoms with E-state index in [2.05, 4.69) is 11.0 Å². The second-order valence-corrected chi connectivity index (χ2v) is 5.62. The number of rotatable bonds is 5. The zero-order valence-electron chi connectivity index (χ0n) is 12.5. The van der Waals surface area contributed by atoms with E-state index in [0.29, 0.717) is 6.54 Å². The molecule has 0 saturated carbocycles. The van der Waals surface area contributed by atoms with Crippen molar-refractivity contribution < 1.29 is 9.84 Å². The Kier molecular flexibility index (Phi) is 4.97. The smallest absolute Gasteiger partial charge is 0.121 e. The maximum absolute atomic E-state index is 9.32. The molecule has 112 valence electrons. The molecule has 1 unspecified atom stereocenters. The van der Waals surface area contributed by atoms with E-state index in [-0.39, 0.29) is 11.1 Å². The molecule has 2 rings (SSSR count). The molecule has 0 heterocycles. The van der Waals surface area contributed by atoms with E-state index in [1.807, 2.05) is 38.2 Å². The summed E-state index contributed by atoms with van der Waals surface area (Å²) in [5.74, 6) is 1.13. The van der Waals surface area contributed by atoms with Gasteiger partial charge in [0.1, 0.15) is 11.5 Å².